The molecule has 1 fully saturated rings. The lowest BCUT2D eigenvalue weighted by Gasteiger charge is -2.32. The monoisotopic (exact) mass is 509 g/mol. The zero-order valence-electron chi connectivity index (χ0n) is 19.0. The Labute approximate surface area is 202 Å². The molecule has 1 aromatic heterocycles. The number of rotatable bonds is 6. The molecule has 2 heterocycles. The number of likely N-dealkylation sites (tertiary alicyclic amines) is 1. The third kappa shape index (κ3) is 5.19. The molecule has 0 bridgehead atoms. The first kappa shape index (κ1) is 23.2. The van der Waals surface area contributed by atoms with E-state index in [4.69, 9.17) is 4.74 Å². The van der Waals surface area contributed by atoms with Crippen LogP contribution in [0.5, 0.6) is 0 Å². The number of benzene rings is 2. The maximum absolute atomic E-state index is 13.0. The predicted molar refractivity (Wildman–Crippen MR) is 131 cm³/mol. The van der Waals surface area contributed by atoms with Crippen LogP contribution in [0.1, 0.15) is 51.9 Å². The molecule has 1 saturated heterocycles. The average Bonchev–Trinajstić information content (AvgIpc) is 3.14. The molecular weight excluding hydrogens is 482 g/mol. The quantitative estimate of drug-likeness (QED) is 0.427. The van der Waals surface area contributed by atoms with Crippen LogP contribution in [-0.2, 0) is 11.2 Å². The van der Waals surface area contributed by atoms with Crippen LogP contribution in [0, 0.1) is 12.8 Å². The molecule has 33 heavy (non-hydrogen) atoms. The van der Waals surface area contributed by atoms with E-state index >= 15 is 0 Å². The van der Waals surface area contributed by atoms with Crippen molar-refractivity contribution in [2.24, 2.45) is 5.92 Å². The van der Waals surface area contributed by atoms with Gasteiger partial charge in [-0.3, -0.25) is 4.79 Å². The third-order valence-electron chi connectivity index (χ3n) is 6.14. The number of hydrogen-bond acceptors (Lipinski definition) is 4. The van der Waals surface area contributed by atoms with Crippen LogP contribution in [0.25, 0.3) is 5.69 Å². The van der Waals surface area contributed by atoms with Gasteiger partial charge >= 0.3 is 5.97 Å². The van der Waals surface area contributed by atoms with E-state index in [9.17, 15) is 9.59 Å². The summed E-state index contributed by atoms with van der Waals surface area (Å²) in [6.45, 7) is 5.49. The second kappa shape index (κ2) is 10.3. The number of carbonyl (C=O) groups excluding carboxylic acids is 2. The number of esters is 1. The predicted octanol–water partition coefficient (Wildman–Crippen LogP) is 5.21. The Kier molecular flexibility index (Phi) is 7.28. The van der Waals surface area contributed by atoms with Crippen molar-refractivity contribution in [1.82, 2.24) is 14.7 Å². The van der Waals surface area contributed by atoms with Crippen molar-refractivity contribution in [2.75, 3.05) is 19.7 Å². The summed E-state index contributed by atoms with van der Waals surface area (Å²) in [7, 11) is 0. The Morgan fingerprint density at radius 1 is 1.06 bits per heavy atom. The minimum absolute atomic E-state index is 0.0605. The van der Waals surface area contributed by atoms with E-state index in [0.29, 0.717) is 16.0 Å². The zero-order valence-corrected chi connectivity index (χ0v) is 20.5. The number of piperidine rings is 1. The summed E-state index contributed by atoms with van der Waals surface area (Å²) < 4.78 is 7.37. The molecule has 0 atom stereocenters. The van der Waals surface area contributed by atoms with Gasteiger partial charge in [0.1, 0.15) is 0 Å². The number of carbonyl (C=O) groups is 2. The number of amides is 1. The number of nitrogens with zero attached hydrogens (tertiary/aromatic N) is 3. The van der Waals surface area contributed by atoms with Crippen molar-refractivity contribution in [3.05, 3.63) is 81.6 Å². The van der Waals surface area contributed by atoms with Gasteiger partial charge in [-0.15, -0.1) is 0 Å². The molecule has 172 valence electrons. The zero-order chi connectivity index (χ0) is 23.4. The van der Waals surface area contributed by atoms with Crippen LogP contribution in [0.4, 0.5) is 0 Å². The van der Waals surface area contributed by atoms with Crippen molar-refractivity contribution in [2.45, 2.75) is 33.1 Å². The smallest absolute Gasteiger partial charge is 0.360 e. The first-order chi connectivity index (χ1) is 16.0. The van der Waals surface area contributed by atoms with Gasteiger partial charge < -0.3 is 9.64 Å². The highest BCUT2D eigenvalue weighted by Crippen LogP contribution is 2.26. The third-order valence-corrected chi connectivity index (χ3v) is 7.09. The van der Waals surface area contributed by atoms with Gasteiger partial charge in [0.25, 0.3) is 5.91 Å². The molecule has 0 radical (unpaired) electrons. The Morgan fingerprint density at radius 2 is 1.73 bits per heavy atom. The number of halogens is 1. The molecule has 1 aliphatic rings. The van der Waals surface area contributed by atoms with Crippen molar-refractivity contribution in [3.63, 3.8) is 0 Å². The van der Waals surface area contributed by atoms with Crippen LogP contribution in [-0.4, -0.2) is 46.3 Å². The Balaban J connectivity index is 1.40. The summed E-state index contributed by atoms with van der Waals surface area (Å²) in [6.07, 6.45) is 3.12. The summed E-state index contributed by atoms with van der Waals surface area (Å²) in [5, 5.41) is 4.41. The maximum Gasteiger partial charge on any atom is 0.360 e. The highest BCUT2D eigenvalue weighted by Gasteiger charge is 2.24. The maximum atomic E-state index is 13.0. The van der Waals surface area contributed by atoms with Crippen LogP contribution in [0.3, 0.4) is 0 Å². The van der Waals surface area contributed by atoms with Crippen molar-refractivity contribution >= 4 is 27.8 Å². The SMILES string of the molecule is CCOC(=O)c1nn(-c2ccc(C(=O)N3CCC(Cc4ccccc4)CC3)cc2)c(C)c1Br. The standard InChI is InChI=1S/C26H28BrN3O3/c1-3-33-26(32)24-23(27)18(2)30(28-24)22-11-9-21(10-12-22)25(31)29-15-13-20(14-16-29)17-19-7-5-4-6-8-19/h4-12,20H,3,13-17H2,1-2H3. The fraction of sp³-hybridized carbons (Fsp3) is 0.346. The number of aromatic nitrogens is 2. The Hall–Kier alpha value is -2.93. The largest absolute Gasteiger partial charge is 0.461 e. The second-order valence-corrected chi connectivity index (χ2v) is 9.15. The summed E-state index contributed by atoms with van der Waals surface area (Å²) in [5.41, 5.74) is 3.84. The van der Waals surface area contributed by atoms with Gasteiger partial charge in [-0.05, 0) is 84.8 Å². The minimum atomic E-state index is -0.464. The highest BCUT2D eigenvalue weighted by molar-refractivity contribution is 9.10. The van der Waals surface area contributed by atoms with E-state index in [2.05, 4.69) is 45.3 Å². The number of ether oxygens (including phenoxy) is 1. The van der Waals surface area contributed by atoms with Gasteiger partial charge in [0.2, 0.25) is 0 Å². The summed E-state index contributed by atoms with van der Waals surface area (Å²) in [4.78, 5) is 27.1. The summed E-state index contributed by atoms with van der Waals surface area (Å²) in [6, 6.07) is 17.9. The fourth-order valence-electron chi connectivity index (χ4n) is 4.28. The van der Waals surface area contributed by atoms with Gasteiger partial charge in [0.15, 0.2) is 5.69 Å². The first-order valence-corrected chi connectivity index (χ1v) is 12.1. The molecule has 1 aliphatic heterocycles. The molecule has 0 aliphatic carbocycles. The molecule has 0 N–H and O–H groups in total. The highest BCUT2D eigenvalue weighted by atomic mass is 79.9. The van der Waals surface area contributed by atoms with Crippen molar-refractivity contribution < 1.29 is 14.3 Å². The van der Waals surface area contributed by atoms with Gasteiger partial charge in [0.05, 0.1) is 22.5 Å². The normalized spacial score (nSPS) is 14.3. The molecule has 2 aromatic carbocycles. The van der Waals surface area contributed by atoms with Crippen molar-refractivity contribution in [3.8, 4) is 5.69 Å². The lowest BCUT2D eigenvalue weighted by atomic mass is 9.90. The van der Waals surface area contributed by atoms with E-state index in [-0.39, 0.29) is 18.2 Å². The number of hydrogen-bond donors (Lipinski definition) is 0. The lowest BCUT2D eigenvalue weighted by Crippen LogP contribution is -2.38. The van der Waals surface area contributed by atoms with E-state index < -0.39 is 5.97 Å². The molecule has 1 amide bonds. The van der Waals surface area contributed by atoms with E-state index in [0.717, 1.165) is 43.7 Å². The second-order valence-electron chi connectivity index (χ2n) is 8.35. The van der Waals surface area contributed by atoms with Crippen LogP contribution < -0.4 is 0 Å². The molecular formula is C26H28BrN3O3. The van der Waals surface area contributed by atoms with Crippen molar-refractivity contribution in [1.29, 1.82) is 0 Å². The molecule has 0 unspecified atom stereocenters. The van der Waals surface area contributed by atoms with Gasteiger partial charge in [-0.2, -0.15) is 5.10 Å². The molecule has 3 aromatic rings. The van der Waals surface area contributed by atoms with Gasteiger partial charge in [-0.25, -0.2) is 9.48 Å². The molecule has 6 nitrogen and oxygen atoms in total. The Bertz CT molecular complexity index is 1120. The molecule has 0 saturated carbocycles. The lowest BCUT2D eigenvalue weighted by molar-refractivity contribution is 0.0517. The molecule has 7 heteroatoms. The summed E-state index contributed by atoms with van der Waals surface area (Å²) in [5.74, 6) is 0.215. The topological polar surface area (TPSA) is 64.4 Å². The van der Waals surface area contributed by atoms with Crippen LogP contribution in [0.2, 0.25) is 0 Å². The van der Waals surface area contributed by atoms with E-state index in [1.165, 1.54) is 5.56 Å². The minimum Gasteiger partial charge on any atom is -0.461 e. The average molecular weight is 510 g/mol. The first-order valence-electron chi connectivity index (χ1n) is 11.3. The molecule has 0 spiro atoms. The van der Waals surface area contributed by atoms with Gasteiger partial charge in [0, 0.05) is 18.7 Å². The van der Waals surface area contributed by atoms with Crippen LogP contribution >= 0.6 is 15.9 Å². The van der Waals surface area contributed by atoms with E-state index in [1.807, 2.05) is 42.2 Å². The molecule has 4 rings (SSSR count). The van der Waals surface area contributed by atoms with Gasteiger partial charge in [-0.1, -0.05) is 30.3 Å². The van der Waals surface area contributed by atoms with E-state index in [1.54, 1.807) is 11.6 Å². The van der Waals surface area contributed by atoms with Crippen LogP contribution in [0.15, 0.2) is 59.1 Å². The summed E-state index contributed by atoms with van der Waals surface area (Å²) >= 11 is 3.44. The Morgan fingerprint density at radius 3 is 2.36 bits per heavy atom. The fourth-order valence-corrected chi connectivity index (χ4v) is 4.69.